The summed E-state index contributed by atoms with van der Waals surface area (Å²) < 4.78 is 11.1. The second-order valence-corrected chi connectivity index (χ2v) is 23.8. The molecular formula is C21H30ClOZr. The molecule has 4 aliphatic carbocycles. The predicted octanol–water partition coefficient (Wildman–Crippen LogP) is 6.97. The van der Waals surface area contributed by atoms with Crippen LogP contribution in [0.5, 0.6) is 0 Å². The van der Waals surface area contributed by atoms with Crippen molar-refractivity contribution in [3.63, 3.8) is 0 Å². The van der Waals surface area contributed by atoms with E-state index in [1.165, 1.54) is 59.6 Å². The average molecular weight is 425 g/mol. The topological polar surface area (TPSA) is 9.23 Å². The van der Waals surface area contributed by atoms with Crippen molar-refractivity contribution in [2.75, 3.05) is 7.11 Å². The molecule has 131 valence electrons. The van der Waals surface area contributed by atoms with Crippen molar-refractivity contribution in [3.8, 4) is 0 Å². The molecule has 1 fully saturated rings. The smallest absolute Gasteiger partial charge is 0.147 e. The summed E-state index contributed by atoms with van der Waals surface area (Å²) in [5.41, 5.74) is 7.03. The van der Waals surface area contributed by atoms with Gasteiger partial charge in [-0.25, -0.2) is 0 Å². The van der Waals surface area contributed by atoms with Gasteiger partial charge in [-0.3, -0.25) is 0 Å². The van der Waals surface area contributed by atoms with E-state index in [1.54, 1.807) is 11.1 Å². The molecule has 0 saturated carbocycles. The third kappa shape index (κ3) is 2.18. The fourth-order valence-electron chi connectivity index (χ4n) is 6.42. The standard InChI is InChI=1S/2C9H11.C2H4.CH3O.ClH.Zr/c2*1-2-5-9-7-3-6-8(9)4-1;2*1-2;;/h2*3,6-7H,1-2,4-5H2;1-2H2;1H3;1H;/q;;;-1;;+1. The molecule has 5 rings (SSSR count). The average Bonchev–Trinajstić information content (AvgIpc) is 3.00. The van der Waals surface area contributed by atoms with Gasteiger partial charge in [0.1, 0.15) is 0 Å². The molecule has 0 aromatic carbocycles. The summed E-state index contributed by atoms with van der Waals surface area (Å²) >= 11 is -3.18. The number of hydrogen-bond donors (Lipinski definition) is 0. The molecule has 0 amide bonds. The van der Waals surface area contributed by atoms with Crippen LogP contribution in [-0.2, 0) is 22.0 Å². The minimum absolute atomic E-state index is 0. The first-order valence-corrected chi connectivity index (χ1v) is 17.1. The van der Waals surface area contributed by atoms with Gasteiger partial charge in [0.2, 0.25) is 0 Å². The molecule has 1 heterocycles. The van der Waals surface area contributed by atoms with E-state index in [1.807, 2.05) is 11.1 Å². The Labute approximate surface area is 154 Å². The van der Waals surface area contributed by atoms with E-state index in [2.05, 4.69) is 31.4 Å². The Hall–Kier alpha value is 0.0931. The van der Waals surface area contributed by atoms with Crippen LogP contribution < -0.4 is 0 Å². The van der Waals surface area contributed by atoms with Gasteiger partial charge in [-0.1, -0.05) is 0 Å². The van der Waals surface area contributed by atoms with Crippen LogP contribution in [0, 0.1) is 0 Å². The number of rotatable bonds is 3. The first-order valence-electron chi connectivity index (χ1n) is 9.80. The van der Waals surface area contributed by atoms with E-state index in [9.17, 15) is 0 Å². The van der Waals surface area contributed by atoms with Crippen molar-refractivity contribution >= 4 is 12.4 Å². The summed E-state index contributed by atoms with van der Waals surface area (Å²) in [5, 5.41) is 0. The summed E-state index contributed by atoms with van der Waals surface area (Å²) in [4.78, 5) is 0. The van der Waals surface area contributed by atoms with E-state index < -0.39 is 19.2 Å². The zero-order chi connectivity index (χ0) is 15.5. The molecule has 0 aromatic rings. The molecule has 2 unspecified atom stereocenters. The maximum atomic E-state index is 6.74. The zero-order valence-corrected chi connectivity index (χ0v) is 18.1. The molecule has 0 spiro atoms. The number of hydrogen-bond acceptors (Lipinski definition) is 1. The SMILES string of the molecule is C[O][Zr]1([CH]2C=CC3=C2CCCC3)([CH]2C=CC3=C2CCCC3)[CH2][CH2]1.Cl. The summed E-state index contributed by atoms with van der Waals surface area (Å²) in [7, 11) is 2.09. The molecule has 1 nitrogen and oxygen atoms in total. The minimum atomic E-state index is -3.18. The summed E-state index contributed by atoms with van der Waals surface area (Å²) in [6, 6.07) is 0. The molecule has 0 radical (unpaired) electrons. The molecule has 0 bridgehead atoms. The van der Waals surface area contributed by atoms with E-state index in [4.69, 9.17) is 2.81 Å². The fourth-order valence-corrected chi connectivity index (χ4v) is 27.8. The van der Waals surface area contributed by atoms with Crippen molar-refractivity contribution in [1.82, 2.24) is 0 Å². The Morgan fingerprint density at radius 1 is 0.792 bits per heavy atom. The van der Waals surface area contributed by atoms with Gasteiger partial charge in [-0.05, 0) is 0 Å². The Morgan fingerprint density at radius 3 is 1.67 bits per heavy atom. The molecule has 0 N–H and O–H groups in total. The maximum absolute atomic E-state index is 6.74. The van der Waals surface area contributed by atoms with Gasteiger partial charge in [0.15, 0.2) is 0 Å². The largest absolute Gasteiger partial charge is 0.147 e. The van der Waals surface area contributed by atoms with E-state index in [0.717, 1.165) is 7.25 Å². The zero-order valence-electron chi connectivity index (χ0n) is 14.9. The molecule has 2 atom stereocenters. The Bertz CT molecular complexity index is 628. The van der Waals surface area contributed by atoms with Gasteiger partial charge in [0, 0.05) is 0 Å². The van der Waals surface area contributed by atoms with Gasteiger partial charge >= 0.3 is 143 Å². The molecule has 3 heteroatoms. The van der Waals surface area contributed by atoms with Crippen molar-refractivity contribution in [2.45, 2.75) is 66.9 Å². The summed E-state index contributed by atoms with van der Waals surface area (Å²) in [6.07, 6.45) is 21.1. The predicted molar refractivity (Wildman–Crippen MR) is 101 cm³/mol. The van der Waals surface area contributed by atoms with Crippen molar-refractivity contribution in [3.05, 3.63) is 46.6 Å². The fraction of sp³-hybridized carbons (Fsp3) is 0.619. The Kier molecular flexibility index (Phi) is 4.43. The Morgan fingerprint density at radius 2 is 1.25 bits per heavy atom. The second kappa shape index (κ2) is 6.07. The quantitative estimate of drug-likeness (QED) is 0.475. The molecule has 24 heavy (non-hydrogen) atoms. The van der Waals surface area contributed by atoms with E-state index in [0.29, 0.717) is 0 Å². The van der Waals surface area contributed by atoms with Crippen LogP contribution in [0.25, 0.3) is 0 Å². The van der Waals surface area contributed by atoms with Crippen LogP contribution >= 0.6 is 12.4 Å². The third-order valence-corrected chi connectivity index (χ3v) is 25.5. The van der Waals surface area contributed by atoms with Crippen LogP contribution in [0.3, 0.4) is 0 Å². The molecule has 5 aliphatic rings. The first kappa shape index (κ1) is 17.5. The van der Waals surface area contributed by atoms with Gasteiger partial charge in [0.25, 0.3) is 0 Å². The molecule has 1 saturated heterocycles. The summed E-state index contributed by atoms with van der Waals surface area (Å²) in [6.45, 7) is 0. The van der Waals surface area contributed by atoms with Crippen molar-refractivity contribution in [1.29, 1.82) is 0 Å². The normalized spacial score (nSPS) is 36.6. The number of halogens is 1. The summed E-state index contributed by atoms with van der Waals surface area (Å²) in [5.74, 6) is 0. The van der Waals surface area contributed by atoms with Crippen molar-refractivity contribution in [2.24, 2.45) is 0 Å². The van der Waals surface area contributed by atoms with Crippen LogP contribution in [0.4, 0.5) is 0 Å². The van der Waals surface area contributed by atoms with Crippen LogP contribution in [0.2, 0.25) is 15.5 Å². The van der Waals surface area contributed by atoms with Gasteiger partial charge in [-0.15, -0.1) is 12.4 Å². The van der Waals surface area contributed by atoms with Crippen LogP contribution in [-0.4, -0.2) is 7.11 Å². The molecule has 0 aromatic heterocycles. The van der Waals surface area contributed by atoms with Gasteiger partial charge < -0.3 is 0 Å². The monoisotopic (exact) mass is 423 g/mol. The van der Waals surface area contributed by atoms with Crippen molar-refractivity contribution < 1.29 is 22.0 Å². The maximum Gasteiger partial charge on any atom is -0.147 e. The Balaban J connectivity index is 0.00000146. The third-order valence-electron chi connectivity index (χ3n) is 7.89. The van der Waals surface area contributed by atoms with Crippen LogP contribution in [0.1, 0.15) is 51.4 Å². The molecular weight excluding hydrogens is 395 g/mol. The number of allylic oxidation sites excluding steroid dienone is 8. The molecule has 1 aliphatic heterocycles. The van der Waals surface area contributed by atoms with Crippen LogP contribution in [0.15, 0.2) is 46.6 Å². The van der Waals surface area contributed by atoms with Gasteiger partial charge in [0.05, 0.1) is 0 Å². The van der Waals surface area contributed by atoms with E-state index in [-0.39, 0.29) is 12.4 Å². The minimum Gasteiger partial charge on any atom is -0.147 e. The van der Waals surface area contributed by atoms with E-state index >= 15 is 0 Å². The first-order chi connectivity index (χ1) is 11.3. The van der Waals surface area contributed by atoms with Gasteiger partial charge in [-0.2, -0.15) is 0 Å². The second-order valence-electron chi connectivity index (χ2n) is 8.65.